The van der Waals surface area contributed by atoms with Crippen LogP contribution in [0.25, 0.3) is 0 Å². The van der Waals surface area contributed by atoms with Gasteiger partial charge in [-0.05, 0) is 19.3 Å². The van der Waals surface area contributed by atoms with Crippen molar-refractivity contribution in [2.45, 2.75) is 31.4 Å². The average Bonchev–Trinajstić information content (AvgIpc) is 3.26. The number of ether oxygens (including phenoxy) is 2. The number of piperidine rings is 1. The van der Waals surface area contributed by atoms with Crippen molar-refractivity contribution in [3.05, 3.63) is 12.4 Å². The smallest absolute Gasteiger partial charge is 0.225 e. The number of aromatic nitrogens is 2. The SMILES string of the molecule is COc1cc(N2C[C@H](C(=O)NC3CC3)[C@@H]3CCO[C@@H]3C2)ncn1. The number of rotatable bonds is 4. The van der Waals surface area contributed by atoms with E-state index in [-0.39, 0.29) is 17.9 Å². The van der Waals surface area contributed by atoms with Gasteiger partial charge in [0.2, 0.25) is 11.8 Å². The zero-order valence-electron chi connectivity index (χ0n) is 13.3. The summed E-state index contributed by atoms with van der Waals surface area (Å²) in [6.07, 6.45) is 4.77. The van der Waals surface area contributed by atoms with E-state index in [9.17, 15) is 4.79 Å². The molecule has 1 saturated carbocycles. The van der Waals surface area contributed by atoms with Gasteiger partial charge in [0.15, 0.2) is 0 Å². The lowest BCUT2D eigenvalue weighted by Crippen LogP contribution is -2.53. The summed E-state index contributed by atoms with van der Waals surface area (Å²) < 4.78 is 11.0. The van der Waals surface area contributed by atoms with Gasteiger partial charge in [0.25, 0.3) is 0 Å². The molecule has 0 unspecified atom stereocenters. The first-order valence-corrected chi connectivity index (χ1v) is 8.27. The maximum Gasteiger partial charge on any atom is 0.225 e. The van der Waals surface area contributed by atoms with Crippen LogP contribution in [0.3, 0.4) is 0 Å². The van der Waals surface area contributed by atoms with Gasteiger partial charge in [0, 0.05) is 37.7 Å². The summed E-state index contributed by atoms with van der Waals surface area (Å²) in [7, 11) is 1.59. The predicted molar refractivity (Wildman–Crippen MR) is 83.3 cm³/mol. The molecule has 7 nitrogen and oxygen atoms in total. The van der Waals surface area contributed by atoms with Crippen LogP contribution in [0.4, 0.5) is 5.82 Å². The predicted octanol–water partition coefficient (Wildman–Crippen LogP) is 0.605. The minimum Gasteiger partial charge on any atom is -0.481 e. The summed E-state index contributed by atoms with van der Waals surface area (Å²) in [5, 5.41) is 3.15. The van der Waals surface area contributed by atoms with E-state index < -0.39 is 0 Å². The van der Waals surface area contributed by atoms with E-state index in [1.165, 1.54) is 6.33 Å². The van der Waals surface area contributed by atoms with Gasteiger partial charge in [-0.15, -0.1) is 0 Å². The number of hydrogen-bond donors (Lipinski definition) is 1. The Labute approximate surface area is 135 Å². The van der Waals surface area contributed by atoms with Crippen LogP contribution < -0.4 is 15.0 Å². The largest absolute Gasteiger partial charge is 0.481 e. The highest BCUT2D eigenvalue weighted by atomic mass is 16.5. The Balaban J connectivity index is 1.55. The second-order valence-corrected chi connectivity index (χ2v) is 6.57. The molecule has 124 valence electrons. The number of methoxy groups -OCH3 is 1. The molecule has 3 heterocycles. The molecular weight excluding hydrogens is 296 g/mol. The Morgan fingerprint density at radius 2 is 2.22 bits per heavy atom. The molecule has 1 aromatic heterocycles. The summed E-state index contributed by atoms with van der Waals surface area (Å²) in [5.74, 6) is 1.75. The number of hydrogen-bond acceptors (Lipinski definition) is 6. The number of amides is 1. The number of fused-ring (bicyclic) bond motifs is 1. The molecule has 3 atom stereocenters. The summed E-state index contributed by atoms with van der Waals surface area (Å²) in [6.45, 7) is 2.17. The minimum absolute atomic E-state index is 0.0437. The fourth-order valence-electron chi connectivity index (χ4n) is 3.59. The minimum atomic E-state index is -0.0437. The quantitative estimate of drug-likeness (QED) is 0.876. The Bertz CT molecular complexity index is 592. The highest BCUT2D eigenvalue weighted by Gasteiger charge is 2.45. The Kier molecular flexibility index (Phi) is 3.80. The molecule has 3 aliphatic rings. The maximum atomic E-state index is 12.6. The van der Waals surface area contributed by atoms with Gasteiger partial charge in [-0.1, -0.05) is 0 Å². The van der Waals surface area contributed by atoms with Gasteiger partial charge in [-0.25, -0.2) is 9.97 Å². The molecule has 1 N–H and O–H groups in total. The topological polar surface area (TPSA) is 76.6 Å². The van der Waals surface area contributed by atoms with E-state index in [1.807, 2.05) is 6.07 Å². The van der Waals surface area contributed by atoms with Gasteiger partial charge in [0.05, 0.1) is 19.1 Å². The van der Waals surface area contributed by atoms with Crippen molar-refractivity contribution < 1.29 is 14.3 Å². The van der Waals surface area contributed by atoms with E-state index in [4.69, 9.17) is 9.47 Å². The summed E-state index contributed by atoms with van der Waals surface area (Å²) in [6, 6.07) is 2.20. The zero-order valence-corrected chi connectivity index (χ0v) is 13.3. The molecular formula is C16H22N4O3. The average molecular weight is 318 g/mol. The highest BCUT2D eigenvalue weighted by Crippen LogP contribution is 2.36. The van der Waals surface area contributed by atoms with Crippen molar-refractivity contribution in [3.8, 4) is 5.88 Å². The van der Waals surface area contributed by atoms with Crippen molar-refractivity contribution in [2.75, 3.05) is 31.7 Å². The van der Waals surface area contributed by atoms with Crippen LogP contribution in [0, 0.1) is 11.8 Å². The van der Waals surface area contributed by atoms with Gasteiger partial charge in [0.1, 0.15) is 12.1 Å². The summed E-state index contributed by atoms with van der Waals surface area (Å²) in [4.78, 5) is 23.1. The van der Waals surface area contributed by atoms with Crippen LogP contribution in [0.5, 0.6) is 5.88 Å². The molecule has 3 fully saturated rings. The van der Waals surface area contributed by atoms with Crippen molar-refractivity contribution in [2.24, 2.45) is 11.8 Å². The number of anilines is 1. The number of carbonyl (C=O) groups excluding carboxylic acids is 1. The van der Waals surface area contributed by atoms with Crippen molar-refractivity contribution in [1.82, 2.24) is 15.3 Å². The third-order valence-electron chi connectivity index (χ3n) is 5.02. The number of nitrogens with one attached hydrogen (secondary N) is 1. The second kappa shape index (κ2) is 5.96. The van der Waals surface area contributed by atoms with Crippen molar-refractivity contribution in [1.29, 1.82) is 0 Å². The van der Waals surface area contributed by atoms with Gasteiger partial charge < -0.3 is 19.7 Å². The summed E-state index contributed by atoms with van der Waals surface area (Å²) >= 11 is 0. The lowest BCUT2D eigenvalue weighted by atomic mass is 9.82. The molecule has 0 aromatic carbocycles. The molecule has 7 heteroatoms. The van der Waals surface area contributed by atoms with Crippen LogP contribution in [-0.2, 0) is 9.53 Å². The van der Waals surface area contributed by atoms with E-state index in [0.717, 1.165) is 38.2 Å². The third kappa shape index (κ3) is 2.97. The Hall–Kier alpha value is -1.89. The molecule has 0 radical (unpaired) electrons. The van der Waals surface area contributed by atoms with E-state index in [1.54, 1.807) is 7.11 Å². The monoisotopic (exact) mass is 318 g/mol. The molecule has 0 spiro atoms. The van der Waals surface area contributed by atoms with Crippen LogP contribution in [-0.4, -0.2) is 54.8 Å². The van der Waals surface area contributed by atoms with Crippen LogP contribution >= 0.6 is 0 Å². The van der Waals surface area contributed by atoms with Crippen LogP contribution in [0.15, 0.2) is 12.4 Å². The normalized spacial score (nSPS) is 30.0. The molecule has 0 bridgehead atoms. The number of carbonyl (C=O) groups is 1. The lowest BCUT2D eigenvalue weighted by Gasteiger charge is -2.39. The van der Waals surface area contributed by atoms with E-state index in [0.29, 0.717) is 24.4 Å². The van der Waals surface area contributed by atoms with Crippen LogP contribution in [0.1, 0.15) is 19.3 Å². The third-order valence-corrected chi connectivity index (χ3v) is 5.02. The molecule has 1 aliphatic carbocycles. The summed E-state index contributed by atoms with van der Waals surface area (Å²) in [5.41, 5.74) is 0. The van der Waals surface area contributed by atoms with Gasteiger partial charge in [-0.3, -0.25) is 4.79 Å². The molecule has 2 saturated heterocycles. The molecule has 4 rings (SSSR count). The zero-order chi connectivity index (χ0) is 15.8. The lowest BCUT2D eigenvalue weighted by molar-refractivity contribution is -0.128. The maximum absolute atomic E-state index is 12.6. The number of nitrogens with zero attached hydrogens (tertiary/aromatic N) is 3. The van der Waals surface area contributed by atoms with Gasteiger partial charge in [-0.2, -0.15) is 0 Å². The molecule has 2 aliphatic heterocycles. The Morgan fingerprint density at radius 1 is 1.35 bits per heavy atom. The van der Waals surface area contributed by atoms with Gasteiger partial charge >= 0.3 is 0 Å². The first-order valence-electron chi connectivity index (χ1n) is 8.27. The fourth-order valence-corrected chi connectivity index (χ4v) is 3.59. The fraction of sp³-hybridized carbons (Fsp3) is 0.688. The first kappa shape index (κ1) is 14.7. The molecule has 1 aromatic rings. The van der Waals surface area contributed by atoms with Crippen LogP contribution in [0.2, 0.25) is 0 Å². The van der Waals surface area contributed by atoms with Crippen molar-refractivity contribution >= 4 is 11.7 Å². The van der Waals surface area contributed by atoms with E-state index in [2.05, 4.69) is 20.2 Å². The van der Waals surface area contributed by atoms with E-state index >= 15 is 0 Å². The van der Waals surface area contributed by atoms with Crippen molar-refractivity contribution in [3.63, 3.8) is 0 Å². The standard InChI is InChI=1S/C16H22N4O3/c1-22-15-6-14(17-9-18-15)20-7-12(16(21)19-10-2-3-10)11-4-5-23-13(11)8-20/h6,9-13H,2-5,7-8H2,1H3,(H,19,21)/t11-,12-,13+/m0/s1. The first-order chi connectivity index (χ1) is 11.2. The Morgan fingerprint density at radius 3 is 3.00 bits per heavy atom. The molecule has 23 heavy (non-hydrogen) atoms. The molecule has 1 amide bonds. The highest BCUT2D eigenvalue weighted by molar-refractivity contribution is 5.80. The second-order valence-electron chi connectivity index (χ2n) is 6.57.